The summed E-state index contributed by atoms with van der Waals surface area (Å²) in [7, 11) is 1.58. The molecule has 1 aromatic rings. The molecule has 19 heavy (non-hydrogen) atoms. The van der Waals surface area contributed by atoms with Crippen molar-refractivity contribution in [2.24, 2.45) is 5.73 Å². The molecule has 3 N–H and O–H groups in total. The number of carbonyl (C=O) groups excluding carboxylic acids is 1. The summed E-state index contributed by atoms with van der Waals surface area (Å²) in [5.74, 6) is 0.590. The average Bonchev–Trinajstić information content (AvgIpc) is 2.85. The van der Waals surface area contributed by atoms with E-state index < -0.39 is 5.54 Å². The van der Waals surface area contributed by atoms with Crippen LogP contribution in [0.3, 0.4) is 0 Å². The van der Waals surface area contributed by atoms with Gasteiger partial charge in [-0.2, -0.15) is 0 Å². The fourth-order valence-corrected chi connectivity index (χ4v) is 2.61. The number of benzene rings is 1. The van der Waals surface area contributed by atoms with E-state index in [0.29, 0.717) is 17.3 Å². The molecule has 0 saturated heterocycles. The van der Waals surface area contributed by atoms with Gasteiger partial charge >= 0.3 is 0 Å². The van der Waals surface area contributed by atoms with E-state index in [2.05, 4.69) is 5.32 Å². The molecule has 4 nitrogen and oxygen atoms in total. The molecule has 1 amide bonds. The van der Waals surface area contributed by atoms with Crippen molar-refractivity contribution in [3.8, 4) is 5.75 Å². The Labute approximate surface area is 118 Å². The minimum absolute atomic E-state index is 0.0815. The number of amides is 1. The highest BCUT2D eigenvalue weighted by molar-refractivity contribution is 6.30. The maximum absolute atomic E-state index is 12.1. The van der Waals surface area contributed by atoms with E-state index in [0.717, 1.165) is 31.2 Å². The van der Waals surface area contributed by atoms with E-state index in [4.69, 9.17) is 22.1 Å². The topological polar surface area (TPSA) is 64.3 Å². The first kappa shape index (κ1) is 14.2. The number of nitrogens with one attached hydrogen (secondary N) is 1. The van der Waals surface area contributed by atoms with Crippen LogP contribution in [0.1, 0.15) is 31.2 Å². The van der Waals surface area contributed by atoms with Crippen LogP contribution in [0.25, 0.3) is 0 Å². The Morgan fingerprint density at radius 2 is 2.16 bits per heavy atom. The van der Waals surface area contributed by atoms with Crippen LogP contribution >= 0.6 is 11.6 Å². The summed E-state index contributed by atoms with van der Waals surface area (Å²) in [6.45, 7) is 0.401. The molecule has 0 aliphatic heterocycles. The Bertz CT molecular complexity index is 471. The molecule has 0 atom stereocenters. The SMILES string of the molecule is COc1cc(Cl)ccc1CNC(=O)C1(N)CCCC1. The van der Waals surface area contributed by atoms with Crippen LogP contribution in [0.5, 0.6) is 5.75 Å². The fraction of sp³-hybridized carbons (Fsp3) is 0.500. The molecule has 104 valence electrons. The third-order valence-electron chi connectivity index (χ3n) is 3.64. The Kier molecular flexibility index (Phi) is 4.32. The van der Waals surface area contributed by atoms with Crippen LogP contribution in [0.15, 0.2) is 18.2 Å². The molecule has 0 unspecified atom stereocenters. The van der Waals surface area contributed by atoms with Gasteiger partial charge in [0.25, 0.3) is 0 Å². The predicted molar refractivity (Wildman–Crippen MR) is 75.2 cm³/mol. The first-order chi connectivity index (χ1) is 9.05. The van der Waals surface area contributed by atoms with Crippen molar-refractivity contribution in [1.82, 2.24) is 5.32 Å². The Morgan fingerprint density at radius 3 is 2.79 bits per heavy atom. The van der Waals surface area contributed by atoms with Gasteiger partial charge in [-0.05, 0) is 25.0 Å². The van der Waals surface area contributed by atoms with Crippen molar-refractivity contribution in [3.05, 3.63) is 28.8 Å². The minimum atomic E-state index is -0.695. The van der Waals surface area contributed by atoms with Crippen molar-refractivity contribution in [3.63, 3.8) is 0 Å². The number of hydrogen-bond acceptors (Lipinski definition) is 3. The van der Waals surface area contributed by atoms with Crippen molar-refractivity contribution in [2.75, 3.05) is 7.11 Å². The minimum Gasteiger partial charge on any atom is -0.496 e. The zero-order chi connectivity index (χ0) is 13.9. The van der Waals surface area contributed by atoms with Crippen LogP contribution in [0.4, 0.5) is 0 Å². The normalized spacial score (nSPS) is 17.2. The zero-order valence-electron chi connectivity index (χ0n) is 11.0. The number of methoxy groups -OCH3 is 1. The number of halogens is 1. The van der Waals surface area contributed by atoms with Gasteiger partial charge in [0.1, 0.15) is 5.75 Å². The lowest BCUT2D eigenvalue weighted by molar-refractivity contribution is -0.126. The molecule has 0 spiro atoms. The molecule has 0 aromatic heterocycles. The highest BCUT2D eigenvalue weighted by Crippen LogP contribution is 2.28. The molecule has 0 heterocycles. The summed E-state index contributed by atoms with van der Waals surface area (Å²) in [5.41, 5.74) is 6.29. The van der Waals surface area contributed by atoms with Crippen molar-refractivity contribution < 1.29 is 9.53 Å². The van der Waals surface area contributed by atoms with E-state index in [-0.39, 0.29) is 5.91 Å². The summed E-state index contributed by atoms with van der Waals surface area (Å²) in [4.78, 5) is 12.1. The number of hydrogen-bond donors (Lipinski definition) is 2. The second kappa shape index (κ2) is 5.80. The molecule has 2 rings (SSSR count). The third-order valence-corrected chi connectivity index (χ3v) is 3.87. The maximum Gasteiger partial charge on any atom is 0.240 e. The molecular weight excluding hydrogens is 264 g/mol. The molecule has 0 radical (unpaired) electrons. The van der Waals surface area contributed by atoms with Crippen molar-refractivity contribution >= 4 is 17.5 Å². The summed E-state index contributed by atoms with van der Waals surface area (Å²) in [6, 6.07) is 5.36. The maximum atomic E-state index is 12.1. The first-order valence-corrected chi connectivity index (χ1v) is 6.82. The van der Waals surface area contributed by atoms with Crippen LogP contribution in [0, 0.1) is 0 Å². The average molecular weight is 283 g/mol. The first-order valence-electron chi connectivity index (χ1n) is 6.45. The summed E-state index contributed by atoms with van der Waals surface area (Å²) < 4.78 is 5.24. The van der Waals surface area contributed by atoms with Gasteiger partial charge in [-0.25, -0.2) is 0 Å². The van der Waals surface area contributed by atoms with Gasteiger partial charge in [-0.1, -0.05) is 30.5 Å². The van der Waals surface area contributed by atoms with Gasteiger partial charge in [0, 0.05) is 17.1 Å². The molecule has 1 saturated carbocycles. The number of rotatable bonds is 4. The third kappa shape index (κ3) is 3.19. The molecular formula is C14H19ClN2O2. The van der Waals surface area contributed by atoms with Crippen molar-refractivity contribution in [1.29, 1.82) is 0 Å². The summed E-state index contributed by atoms with van der Waals surface area (Å²) in [6.07, 6.45) is 3.57. The number of nitrogens with two attached hydrogens (primary N) is 1. The monoisotopic (exact) mass is 282 g/mol. The van der Waals surface area contributed by atoms with Crippen LogP contribution < -0.4 is 15.8 Å². The largest absolute Gasteiger partial charge is 0.496 e. The second-order valence-corrected chi connectivity index (χ2v) is 5.44. The highest BCUT2D eigenvalue weighted by Gasteiger charge is 2.36. The van der Waals surface area contributed by atoms with Gasteiger partial charge in [0.2, 0.25) is 5.91 Å². The summed E-state index contributed by atoms with van der Waals surface area (Å²) in [5, 5.41) is 3.50. The van der Waals surface area contributed by atoms with Crippen LogP contribution in [-0.2, 0) is 11.3 Å². The number of ether oxygens (including phenoxy) is 1. The summed E-state index contributed by atoms with van der Waals surface area (Å²) >= 11 is 5.90. The van der Waals surface area contributed by atoms with E-state index in [1.165, 1.54) is 0 Å². The van der Waals surface area contributed by atoms with E-state index in [9.17, 15) is 4.79 Å². The van der Waals surface area contributed by atoms with E-state index >= 15 is 0 Å². The number of carbonyl (C=O) groups is 1. The van der Waals surface area contributed by atoms with Gasteiger partial charge in [0.05, 0.1) is 12.6 Å². The Morgan fingerprint density at radius 1 is 1.47 bits per heavy atom. The lowest BCUT2D eigenvalue weighted by Gasteiger charge is -2.22. The lowest BCUT2D eigenvalue weighted by Crippen LogP contribution is -2.51. The quantitative estimate of drug-likeness (QED) is 0.890. The zero-order valence-corrected chi connectivity index (χ0v) is 11.8. The molecule has 1 aliphatic rings. The fourth-order valence-electron chi connectivity index (χ4n) is 2.45. The van der Waals surface area contributed by atoms with Crippen LogP contribution in [0.2, 0.25) is 5.02 Å². The van der Waals surface area contributed by atoms with Gasteiger partial charge < -0.3 is 15.8 Å². The van der Waals surface area contributed by atoms with Gasteiger partial charge in [-0.15, -0.1) is 0 Å². The van der Waals surface area contributed by atoms with Gasteiger partial charge in [-0.3, -0.25) is 4.79 Å². The standard InChI is InChI=1S/C14H19ClN2O2/c1-19-12-8-11(15)5-4-10(12)9-17-13(18)14(16)6-2-3-7-14/h4-5,8H,2-3,6-7,9,16H2,1H3,(H,17,18). The molecule has 5 heteroatoms. The van der Waals surface area contributed by atoms with Gasteiger partial charge in [0.15, 0.2) is 0 Å². The molecule has 1 aliphatic carbocycles. The Balaban J connectivity index is 2.00. The van der Waals surface area contributed by atoms with Crippen molar-refractivity contribution in [2.45, 2.75) is 37.8 Å². The predicted octanol–water partition coefficient (Wildman–Crippen LogP) is 2.24. The molecule has 0 bridgehead atoms. The molecule has 1 fully saturated rings. The smallest absolute Gasteiger partial charge is 0.240 e. The highest BCUT2D eigenvalue weighted by atomic mass is 35.5. The lowest BCUT2D eigenvalue weighted by atomic mass is 9.98. The second-order valence-electron chi connectivity index (χ2n) is 5.00. The molecule has 1 aromatic carbocycles. The van der Waals surface area contributed by atoms with Crippen LogP contribution in [-0.4, -0.2) is 18.6 Å². The van der Waals surface area contributed by atoms with E-state index in [1.807, 2.05) is 6.07 Å². The Hall–Kier alpha value is -1.26. The van der Waals surface area contributed by atoms with E-state index in [1.54, 1.807) is 19.2 Å².